The molecular weight excluding hydrogens is 374 g/mol. The first-order valence-corrected chi connectivity index (χ1v) is 7.31. The molecule has 1 heterocycles. The van der Waals surface area contributed by atoms with Crippen molar-refractivity contribution in [2.24, 2.45) is 11.8 Å². The number of carbonyl (C=O) groups is 1. The van der Waals surface area contributed by atoms with E-state index in [1.54, 1.807) is 18.2 Å². The van der Waals surface area contributed by atoms with Crippen LogP contribution in [0.5, 0.6) is 0 Å². The lowest BCUT2D eigenvalue weighted by Gasteiger charge is -2.18. The molecule has 0 bridgehead atoms. The molecule has 0 radical (unpaired) electrons. The number of likely N-dealkylation sites (tertiary alicyclic amines) is 1. The average Bonchev–Trinajstić information content (AvgIpc) is 2.78. The Bertz CT molecular complexity index is 553. The van der Waals surface area contributed by atoms with Crippen molar-refractivity contribution in [1.82, 2.24) is 4.90 Å². The van der Waals surface area contributed by atoms with Gasteiger partial charge in [0.25, 0.3) is 0 Å². The molecule has 0 aromatic heterocycles. The molecule has 0 unspecified atom stereocenters. The third-order valence-electron chi connectivity index (χ3n) is 3.52. The molecule has 2 rings (SSSR count). The normalized spacial score (nSPS) is 23.5. The van der Waals surface area contributed by atoms with Crippen molar-refractivity contribution in [2.45, 2.75) is 12.7 Å². The molecule has 116 valence electrons. The van der Waals surface area contributed by atoms with Crippen LogP contribution in [0.2, 0.25) is 5.02 Å². The summed E-state index contributed by atoms with van der Waals surface area (Å²) in [4.78, 5) is 12.5. The van der Waals surface area contributed by atoms with E-state index < -0.39 is 24.0 Å². The summed E-state index contributed by atoms with van der Waals surface area (Å²) in [7, 11) is 0. The molecule has 1 fully saturated rings. The first-order valence-electron chi connectivity index (χ1n) is 6.14. The lowest BCUT2D eigenvalue weighted by molar-refractivity contribution is -0.188. The number of hydrogen-bond acceptors (Lipinski definition) is 2. The summed E-state index contributed by atoms with van der Waals surface area (Å²) in [5.74, 6) is -4.65. The molecule has 2 atom stereocenters. The predicted octanol–water partition coefficient (Wildman–Crippen LogP) is 3.80. The molecule has 0 saturated carbocycles. The van der Waals surface area contributed by atoms with Gasteiger partial charge in [-0.1, -0.05) is 17.7 Å². The van der Waals surface area contributed by atoms with Gasteiger partial charge in [-0.15, -0.1) is 0 Å². The lowest BCUT2D eigenvalue weighted by Crippen LogP contribution is -2.33. The fourth-order valence-corrected chi connectivity index (χ4v) is 3.04. The van der Waals surface area contributed by atoms with Crippen molar-refractivity contribution in [1.29, 1.82) is 0 Å². The van der Waals surface area contributed by atoms with E-state index in [9.17, 15) is 18.0 Å². The smallest absolute Gasteiger partial charge is 0.393 e. The molecule has 1 aromatic carbocycles. The molecule has 0 aliphatic carbocycles. The molecule has 3 nitrogen and oxygen atoms in total. The van der Waals surface area contributed by atoms with Crippen molar-refractivity contribution in [3.8, 4) is 0 Å². The van der Waals surface area contributed by atoms with Crippen LogP contribution in [0.25, 0.3) is 0 Å². The topological polar surface area (TPSA) is 40.5 Å². The van der Waals surface area contributed by atoms with E-state index in [4.69, 9.17) is 16.7 Å². The standard InChI is InChI=1S/C13H12BrClF3NO2/c14-10-3-7(1-2-11(10)15)4-19-5-8(12(20)21)9(6-19)13(16,17)18/h1-3,8-9H,4-6H2,(H,20,21)/t8-,9-/m1/s1. The first-order chi connectivity index (χ1) is 9.68. The van der Waals surface area contributed by atoms with Gasteiger partial charge in [0, 0.05) is 24.1 Å². The zero-order valence-corrected chi connectivity index (χ0v) is 13.0. The molecule has 1 saturated heterocycles. The van der Waals surface area contributed by atoms with Gasteiger partial charge in [0.2, 0.25) is 0 Å². The minimum Gasteiger partial charge on any atom is -0.481 e. The zero-order chi connectivity index (χ0) is 15.8. The lowest BCUT2D eigenvalue weighted by atomic mass is 9.96. The maximum Gasteiger partial charge on any atom is 0.393 e. The van der Waals surface area contributed by atoms with Crippen LogP contribution in [-0.4, -0.2) is 35.2 Å². The summed E-state index contributed by atoms with van der Waals surface area (Å²) in [5.41, 5.74) is 0.776. The van der Waals surface area contributed by atoms with Crippen molar-refractivity contribution in [3.63, 3.8) is 0 Å². The Kier molecular flexibility index (Phi) is 4.85. The third-order valence-corrected chi connectivity index (χ3v) is 4.74. The van der Waals surface area contributed by atoms with Gasteiger partial charge in [-0.3, -0.25) is 9.69 Å². The van der Waals surface area contributed by atoms with Gasteiger partial charge < -0.3 is 5.11 Å². The van der Waals surface area contributed by atoms with Crippen LogP contribution in [0.1, 0.15) is 5.56 Å². The highest BCUT2D eigenvalue weighted by Gasteiger charge is 2.52. The highest BCUT2D eigenvalue weighted by atomic mass is 79.9. The van der Waals surface area contributed by atoms with Crippen molar-refractivity contribution in [2.75, 3.05) is 13.1 Å². The Hall–Kier alpha value is -0.790. The van der Waals surface area contributed by atoms with E-state index in [1.165, 1.54) is 4.90 Å². The number of halogens is 5. The van der Waals surface area contributed by atoms with Crippen LogP contribution in [0.4, 0.5) is 13.2 Å². The van der Waals surface area contributed by atoms with Crippen molar-refractivity contribution < 1.29 is 23.1 Å². The van der Waals surface area contributed by atoms with E-state index >= 15 is 0 Å². The number of nitrogens with zero attached hydrogens (tertiary/aromatic N) is 1. The molecular formula is C13H12BrClF3NO2. The second-order valence-electron chi connectivity index (χ2n) is 5.04. The van der Waals surface area contributed by atoms with E-state index in [2.05, 4.69) is 15.9 Å². The molecule has 1 aliphatic heterocycles. The van der Waals surface area contributed by atoms with Gasteiger partial charge in [0.05, 0.1) is 16.9 Å². The van der Waals surface area contributed by atoms with E-state index in [1.807, 2.05) is 0 Å². The maximum absolute atomic E-state index is 12.9. The summed E-state index contributed by atoms with van der Waals surface area (Å²) in [6.45, 7) is -0.160. The monoisotopic (exact) mass is 385 g/mol. The quantitative estimate of drug-likeness (QED) is 0.859. The number of rotatable bonds is 3. The number of carboxylic acid groups (broad SMARTS) is 1. The van der Waals surface area contributed by atoms with Gasteiger partial charge >= 0.3 is 12.1 Å². The van der Waals surface area contributed by atoms with Crippen molar-refractivity contribution >= 4 is 33.5 Å². The minimum atomic E-state index is -4.50. The fourth-order valence-electron chi connectivity index (χ4n) is 2.49. The summed E-state index contributed by atoms with van der Waals surface area (Å²) in [5, 5.41) is 9.47. The average molecular weight is 387 g/mol. The minimum absolute atomic E-state index is 0.111. The van der Waals surface area contributed by atoms with Crippen LogP contribution in [0.15, 0.2) is 22.7 Å². The highest BCUT2D eigenvalue weighted by molar-refractivity contribution is 9.10. The maximum atomic E-state index is 12.9. The predicted molar refractivity (Wildman–Crippen MR) is 75.1 cm³/mol. The van der Waals surface area contributed by atoms with Gasteiger partial charge in [-0.25, -0.2) is 0 Å². The summed E-state index contributed by atoms with van der Waals surface area (Å²) >= 11 is 9.11. The van der Waals surface area contributed by atoms with Gasteiger partial charge in [0.15, 0.2) is 0 Å². The Morgan fingerprint density at radius 3 is 2.57 bits per heavy atom. The molecule has 1 aromatic rings. The van der Waals surface area contributed by atoms with E-state index in [-0.39, 0.29) is 19.6 Å². The summed E-state index contributed by atoms with van der Waals surface area (Å²) < 4.78 is 39.3. The fraction of sp³-hybridized carbons (Fsp3) is 0.462. The van der Waals surface area contributed by atoms with E-state index in [0.717, 1.165) is 5.56 Å². The molecule has 21 heavy (non-hydrogen) atoms. The van der Waals surface area contributed by atoms with Crippen LogP contribution in [0, 0.1) is 11.8 Å². The Balaban J connectivity index is 2.12. The number of aliphatic carboxylic acids is 1. The number of hydrogen-bond donors (Lipinski definition) is 1. The van der Waals surface area contributed by atoms with Crippen LogP contribution in [0.3, 0.4) is 0 Å². The number of alkyl halides is 3. The highest BCUT2D eigenvalue weighted by Crippen LogP contribution is 2.38. The second kappa shape index (κ2) is 6.14. The number of carboxylic acids is 1. The summed E-state index contributed by atoms with van der Waals surface area (Å²) in [6.07, 6.45) is -4.50. The SMILES string of the molecule is O=C(O)[C@@H]1CN(Cc2ccc(Cl)c(Br)c2)C[C@H]1C(F)(F)F. The van der Waals surface area contributed by atoms with E-state index in [0.29, 0.717) is 9.50 Å². The zero-order valence-electron chi connectivity index (χ0n) is 10.7. The molecule has 8 heteroatoms. The first kappa shape index (κ1) is 16.6. The van der Waals surface area contributed by atoms with Gasteiger partial charge in [0.1, 0.15) is 0 Å². The Labute approximate surface area is 132 Å². The molecule has 1 aliphatic rings. The second-order valence-corrected chi connectivity index (χ2v) is 6.30. The van der Waals surface area contributed by atoms with Crippen LogP contribution < -0.4 is 0 Å². The summed E-state index contributed by atoms with van der Waals surface area (Å²) in [6, 6.07) is 5.08. The van der Waals surface area contributed by atoms with Crippen LogP contribution in [-0.2, 0) is 11.3 Å². The Morgan fingerprint density at radius 1 is 1.43 bits per heavy atom. The molecule has 0 amide bonds. The number of benzene rings is 1. The third kappa shape index (κ3) is 3.90. The molecule has 1 N–H and O–H groups in total. The van der Waals surface area contributed by atoms with Gasteiger partial charge in [-0.05, 0) is 33.6 Å². The Morgan fingerprint density at radius 2 is 2.10 bits per heavy atom. The van der Waals surface area contributed by atoms with Crippen molar-refractivity contribution in [3.05, 3.63) is 33.3 Å². The van der Waals surface area contributed by atoms with Crippen LogP contribution >= 0.6 is 27.5 Å². The molecule has 0 spiro atoms. The van der Waals surface area contributed by atoms with Gasteiger partial charge in [-0.2, -0.15) is 13.2 Å². The largest absolute Gasteiger partial charge is 0.481 e.